The Bertz CT molecular complexity index is 680. The zero-order valence-electron chi connectivity index (χ0n) is 16.3. The van der Waals surface area contributed by atoms with E-state index in [0.717, 1.165) is 50.3 Å². The van der Waals surface area contributed by atoms with Gasteiger partial charge >= 0.3 is 0 Å². The molecule has 2 aliphatic heterocycles. The maximum atomic E-state index is 12.6. The Balaban J connectivity index is 1.25. The Labute approximate surface area is 165 Å². The van der Waals surface area contributed by atoms with Crippen LogP contribution in [0.15, 0.2) is 0 Å². The standard InChI is InChI=1S/C20H30N4O2S/c1-15-18(21-22-27-15)19(26)24-12-8-20(9-13-24)6-4-16(5-7-20)14-17(25)23-10-2-3-11-23/h16H,2-14H2,1H3. The first kappa shape index (κ1) is 18.8. The van der Waals surface area contributed by atoms with E-state index in [0.29, 0.717) is 22.9 Å². The van der Waals surface area contributed by atoms with Gasteiger partial charge in [0.05, 0.1) is 4.88 Å². The van der Waals surface area contributed by atoms with Crippen LogP contribution >= 0.6 is 11.5 Å². The highest BCUT2D eigenvalue weighted by Crippen LogP contribution is 2.47. The second-order valence-electron chi connectivity index (χ2n) is 8.71. The Kier molecular flexibility index (Phi) is 5.48. The number of piperidine rings is 1. The summed E-state index contributed by atoms with van der Waals surface area (Å²) in [6, 6.07) is 0. The van der Waals surface area contributed by atoms with E-state index in [1.54, 1.807) is 0 Å². The summed E-state index contributed by atoms with van der Waals surface area (Å²) in [5, 5.41) is 4.01. The molecule has 0 aromatic carbocycles. The van der Waals surface area contributed by atoms with E-state index in [9.17, 15) is 9.59 Å². The number of carbonyl (C=O) groups excluding carboxylic acids is 2. The van der Waals surface area contributed by atoms with Crippen molar-refractivity contribution < 1.29 is 9.59 Å². The van der Waals surface area contributed by atoms with Crippen molar-refractivity contribution in [2.24, 2.45) is 11.3 Å². The number of aromatic nitrogens is 2. The Morgan fingerprint density at radius 3 is 2.30 bits per heavy atom. The lowest BCUT2D eigenvalue weighted by molar-refractivity contribution is -0.131. The highest BCUT2D eigenvalue weighted by Gasteiger charge is 2.40. The van der Waals surface area contributed by atoms with E-state index in [1.807, 2.05) is 11.8 Å². The van der Waals surface area contributed by atoms with Crippen LogP contribution in [0.1, 0.15) is 73.2 Å². The SMILES string of the molecule is Cc1snnc1C(=O)N1CCC2(CCC(CC(=O)N3CCCC3)CC2)CC1. The first-order valence-corrected chi connectivity index (χ1v) is 11.2. The molecule has 0 bridgehead atoms. The molecule has 3 aliphatic rings. The molecule has 148 valence electrons. The van der Waals surface area contributed by atoms with Crippen molar-refractivity contribution in [3.8, 4) is 0 Å². The van der Waals surface area contributed by atoms with Crippen molar-refractivity contribution in [3.63, 3.8) is 0 Å². The van der Waals surface area contributed by atoms with Gasteiger partial charge in [0, 0.05) is 32.6 Å². The number of nitrogens with zero attached hydrogens (tertiary/aromatic N) is 4. The molecule has 1 aromatic heterocycles. The monoisotopic (exact) mass is 390 g/mol. The summed E-state index contributed by atoms with van der Waals surface area (Å²) in [6.45, 7) is 5.50. The largest absolute Gasteiger partial charge is 0.343 e. The molecule has 0 N–H and O–H groups in total. The van der Waals surface area contributed by atoms with Crippen LogP contribution in [0.3, 0.4) is 0 Å². The van der Waals surface area contributed by atoms with E-state index >= 15 is 0 Å². The van der Waals surface area contributed by atoms with Crippen molar-refractivity contribution in [2.75, 3.05) is 26.2 Å². The number of carbonyl (C=O) groups is 2. The van der Waals surface area contributed by atoms with E-state index in [4.69, 9.17) is 0 Å². The fourth-order valence-electron chi connectivity index (χ4n) is 5.10. The fraction of sp³-hybridized carbons (Fsp3) is 0.800. The van der Waals surface area contributed by atoms with Crippen LogP contribution in [0.4, 0.5) is 0 Å². The minimum absolute atomic E-state index is 0.0426. The van der Waals surface area contributed by atoms with Gasteiger partial charge in [-0.25, -0.2) is 0 Å². The van der Waals surface area contributed by atoms with Gasteiger partial charge in [-0.3, -0.25) is 9.59 Å². The van der Waals surface area contributed by atoms with Crippen LogP contribution in [0.2, 0.25) is 0 Å². The molecule has 1 saturated carbocycles. The summed E-state index contributed by atoms with van der Waals surface area (Å²) < 4.78 is 3.89. The number of amides is 2. The third kappa shape index (κ3) is 4.03. The predicted octanol–water partition coefficient (Wildman–Crippen LogP) is 3.27. The van der Waals surface area contributed by atoms with Gasteiger partial charge in [-0.1, -0.05) is 4.49 Å². The first-order chi connectivity index (χ1) is 13.1. The number of hydrogen-bond acceptors (Lipinski definition) is 5. The average molecular weight is 391 g/mol. The lowest BCUT2D eigenvalue weighted by Crippen LogP contribution is -2.45. The van der Waals surface area contributed by atoms with E-state index in [1.165, 1.54) is 50.1 Å². The zero-order chi connectivity index (χ0) is 18.9. The Morgan fingerprint density at radius 2 is 1.70 bits per heavy atom. The average Bonchev–Trinajstić information content (AvgIpc) is 3.36. The smallest absolute Gasteiger partial charge is 0.275 e. The van der Waals surface area contributed by atoms with Gasteiger partial charge in [-0.2, -0.15) is 0 Å². The quantitative estimate of drug-likeness (QED) is 0.794. The molecule has 7 heteroatoms. The molecule has 1 aliphatic carbocycles. The van der Waals surface area contributed by atoms with Crippen molar-refractivity contribution in [1.29, 1.82) is 0 Å². The number of likely N-dealkylation sites (tertiary alicyclic amines) is 2. The molecule has 1 aromatic rings. The third-order valence-corrected chi connectivity index (χ3v) is 7.68. The molecular weight excluding hydrogens is 360 g/mol. The summed E-state index contributed by atoms with van der Waals surface area (Å²) in [4.78, 5) is 30.0. The van der Waals surface area contributed by atoms with Gasteiger partial charge in [0.25, 0.3) is 5.91 Å². The summed E-state index contributed by atoms with van der Waals surface area (Å²) >= 11 is 1.29. The van der Waals surface area contributed by atoms with Crippen molar-refractivity contribution in [1.82, 2.24) is 19.4 Å². The zero-order valence-corrected chi connectivity index (χ0v) is 17.1. The summed E-state index contributed by atoms with van der Waals surface area (Å²) in [7, 11) is 0. The molecule has 2 amide bonds. The maximum Gasteiger partial charge on any atom is 0.275 e. The van der Waals surface area contributed by atoms with Crippen LogP contribution in [0, 0.1) is 18.3 Å². The summed E-state index contributed by atoms with van der Waals surface area (Å²) in [5.74, 6) is 0.981. The van der Waals surface area contributed by atoms with Crippen LogP contribution < -0.4 is 0 Å². The summed E-state index contributed by atoms with van der Waals surface area (Å²) in [5.41, 5.74) is 0.916. The lowest BCUT2D eigenvalue weighted by Gasteiger charge is -2.46. The fourth-order valence-corrected chi connectivity index (χ4v) is 5.56. The van der Waals surface area contributed by atoms with E-state index < -0.39 is 0 Å². The highest BCUT2D eigenvalue weighted by atomic mass is 32.1. The first-order valence-electron chi connectivity index (χ1n) is 10.4. The predicted molar refractivity (Wildman–Crippen MR) is 105 cm³/mol. The van der Waals surface area contributed by atoms with Crippen LogP contribution in [-0.4, -0.2) is 57.4 Å². The lowest BCUT2D eigenvalue weighted by atomic mass is 9.65. The van der Waals surface area contributed by atoms with E-state index in [-0.39, 0.29) is 5.91 Å². The molecule has 2 saturated heterocycles. The number of aryl methyl sites for hydroxylation is 1. The Morgan fingerprint density at radius 1 is 1.04 bits per heavy atom. The second kappa shape index (κ2) is 7.86. The highest BCUT2D eigenvalue weighted by molar-refractivity contribution is 7.05. The van der Waals surface area contributed by atoms with Gasteiger partial charge in [0.2, 0.25) is 5.91 Å². The molecule has 1 spiro atoms. The molecule has 6 nitrogen and oxygen atoms in total. The summed E-state index contributed by atoms with van der Waals surface area (Å²) in [6.07, 6.45) is 10.0. The van der Waals surface area contributed by atoms with Gasteiger partial charge in [-0.15, -0.1) is 5.10 Å². The molecule has 3 fully saturated rings. The van der Waals surface area contributed by atoms with Crippen molar-refractivity contribution >= 4 is 23.3 Å². The van der Waals surface area contributed by atoms with Crippen LogP contribution in [0.25, 0.3) is 0 Å². The van der Waals surface area contributed by atoms with Gasteiger partial charge in [0.1, 0.15) is 0 Å². The van der Waals surface area contributed by atoms with Gasteiger partial charge in [0.15, 0.2) is 5.69 Å². The van der Waals surface area contributed by atoms with Crippen molar-refractivity contribution in [2.45, 2.75) is 64.7 Å². The minimum atomic E-state index is 0.0426. The number of hydrogen-bond donors (Lipinski definition) is 0. The Hall–Kier alpha value is -1.50. The molecule has 0 atom stereocenters. The molecule has 0 radical (unpaired) electrons. The topological polar surface area (TPSA) is 66.4 Å². The normalized spacial score (nSPS) is 23.1. The molecule has 4 rings (SSSR count). The van der Waals surface area contributed by atoms with Crippen LogP contribution in [0.5, 0.6) is 0 Å². The van der Waals surface area contributed by atoms with Gasteiger partial charge < -0.3 is 9.80 Å². The third-order valence-electron chi connectivity index (χ3n) is 7.05. The van der Waals surface area contributed by atoms with Crippen LogP contribution in [-0.2, 0) is 4.79 Å². The molecular formula is C20H30N4O2S. The van der Waals surface area contributed by atoms with Gasteiger partial charge in [-0.05, 0) is 81.2 Å². The second-order valence-corrected chi connectivity index (χ2v) is 9.66. The molecule has 27 heavy (non-hydrogen) atoms. The molecule has 0 unspecified atom stereocenters. The van der Waals surface area contributed by atoms with E-state index in [2.05, 4.69) is 14.5 Å². The minimum Gasteiger partial charge on any atom is -0.343 e. The number of rotatable bonds is 3. The molecule has 3 heterocycles. The maximum absolute atomic E-state index is 12.6. The van der Waals surface area contributed by atoms with Crippen molar-refractivity contribution in [3.05, 3.63) is 10.6 Å².